The topological polar surface area (TPSA) is 9.23 Å². The van der Waals surface area contributed by atoms with Gasteiger partial charge in [-0.3, -0.25) is 0 Å². The summed E-state index contributed by atoms with van der Waals surface area (Å²) >= 11 is 3.77. The summed E-state index contributed by atoms with van der Waals surface area (Å²) in [6.45, 7) is 7.34. The van der Waals surface area contributed by atoms with Crippen LogP contribution in [0.5, 0.6) is 5.75 Å². The third-order valence-electron chi connectivity index (χ3n) is 3.41. The molecule has 0 N–H and O–H groups in total. The molecule has 0 saturated heterocycles. The van der Waals surface area contributed by atoms with Crippen LogP contribution in [0.2, 0.25) is 0 Å². The van der Waals surface area contributed by atoms with Crippen LogP contribution in [0.4, 0.5) is 0 Å². The quantitative estimate of drug-likeness (QED) is 0.728. The molecule has 0 amide bonds. The molecule has 3 atom stereocenters. The largest absolute Gasteiger partial charge is 0.494 e. The zero-order valence-corrected chi connectivity index (χ0v) is 11.0. The molecule has 0 heterocycles. The van der Waals surface area contributed by atoms with Crippen molar-refractivity contribution in [1.29, 1.82) is 0 Å². The highest BCUT2D eigenvalue weighted by molar-refractivity contribution is 9.09. The molecule has 0 saturated carbocycles. The molecule has 1 aromatic carbocycles. The number of halogens is 1. The van der Waals surface area contributed by atoms with Crippen LogP contribution in [0.3, 0.4) is 0 Å². The van der Waals surface area contributed by atoms with Gasteiger partial charge in [0.05, 0.1) is 6.61 Å². The van der Waals surface area contributed by atoms with Crippen molar-refractivity contribution in [1.82, 2.24) is 0 Å². The van der Waals surface area contributed by atoms with Gasteiger partial charge in [-0.15, -0.1) is 0 Å². The van der Waals surface area contributed by atoms with Gasteiger partial charge in [-0.2, -0.15) is 0 Å². The fraction of sp³-hybridized carbons (Fsp3) is 0.538. The Kier molecular flexibility index (Phi) is 3.06. The number of alkyl halides is 1. The number of benzene rings is 1. The molecule has 2 heteroatoms. The number of fused-ring (bicyclic) bond motifs is 1. The van der Waals surface area contributed by atoms with Crippen LogP contribution in [0.1, 0.15) is 42.6 Å². The molecule has 0 bridgehead atoms. The van der Waals surface area contributed by atoms with Crippen molar-refractivity contribution in [2.45, 2.75) is 31.5 Å². The van der Waals surface area contributed by atoms with Crippen molar-refractivity contribution in [2.75, 3.05) is 6.61 Å². The van der Waals surface area contributed by atoms with E-state index in [0.29, 0.717) is 16.7 Å². The molecule has 1 aliphatic carbocycles. The smallest absolute Gasteiger partial charge is 0.119 e. The molecule has 0 aliphatic heterocycles. The van der Waals surface area contributed by atoms with E-state index in [2.05, 4.69) is 48.0 Å². The Morgan fingerprint density at radius 3 is 2.67 bits per heavy atom. The van der Waals surface area contributed by atoms with Gasteiger partial charge in [-0.1, -0.05) is 35.8 Å². The molecule has 2 rings (SSSR count). The first-order valence-corrected chi connectivity index (χ1v) is 6.47. The van der Waals surface area contributed by atoms with E-state index >= 15 is 0 Å². The lowest BCUT2D eigenvalue weighted by Gasteiger charge is -2.11. The second-order valence-corrected chi connectivity index (χ2v) is 5.26. The van der Waals surface area contributed by atoms with E-state index in [0.717, 1.165) is 12.4 Å². The van der Waals surface area contributed by atoms with Gasteiger partial charge < -0.3 is 4.74 Å². The molecule has 15 heavy (non-hydrogen) atoms. The van der Waals surface area contributed by atoms with Crippen molar-refractivity contribution < 1.29 is 4.74 Å². The summed E-state index contributed by atoms with van der Waals surface area (Å²) in [5.74, 6) is 2.29. The molecular weight excluding hydrogens is 252 g/mol. The Morgan fingerprint density at radius 1 is 1.27 bits per heavy atom. The highest BCUT2D eigenvalue weighted by atomic mass is 79.9. The van der Waals surface area contributed by atoms with E-state index < -0.39 is 0 Å². The van der Waals surface area contributed by atoms with E-state index in [1.165, 1.54) is 11.1 Å². The Bertz CT molecular complexity index is 362. The molecule has 0 aromatic heterocycles. The van der Waals surface area contributed by atoms with Gasteiger partial charge in [0.15, 0.2) is 0 Å². The van der Waals surface area contributed by atoms with E-state index in [1.54, 1.807) is 0 Å². The maximum absolute atomic E-state index is 5.53. The second kappa shape index (κ2) is 4.17. The predicted molar refractivity (Wildman–Crippen MR) is 66.9 cm³/mol. The normalized spacial score (nSPS) is 28.9. The van der Waals surface area contributed by atoms with Crippen LogP contribution in [-0.2, 0) is 0 Å². The van der Waals surface area contributed by atoms with Gasteiger partial charge in [0, 0.05) is 4.83 Å². The number of ether oxygens (including phenoxy) is 1. The third kappa shape index (κ3) is 1.80. The van der Waals surface area contributed by atoms with E-state index in [9.17, 15) is 0 Å². The number of rotatable bonds is 2. The van der Waals surface area contributed by atoms with E-state index in [4.69, 9.17) is 4.74 Å². The Hall–Kier alpha value is -0.500. The van der Waals surface area contributed by atoms with Gasteiger partial charge in [0.2, 0.25) is 0 Å². The fourth-order valence-electron chi connectivity index (χ4n) is 2.28. The van der Waals surface area contributed by atoms with Crippen molar-refractivity contribution in [2.24, 2.45) is 5.92 Å². The van der Waals surface area contributed by atoms with Crippen molar-refractivity contribution in [3.05, 3.63) is 29.3 Å². The molecule has 0 fully saturated rings. The highest BCUT2D eigenvalue weighted by Gasteiger charge is 2.33. The number of hydrogen-bond acceptors (Lipinski definition) is 1. The van der Waals surface area contributed by atoms with Gasteiger partial charge in [-0.25, -0.2) is 0 Å². The first-order valence-electron chi connectivity index (χ1n) is 5.55. The van der Waals surface area contributed by atoms with Crippen LogP contribution in [0.15, 0.2) is 18.2 Å². The van der Waals surface area contributed by atoms with Crippen LogP contribution >= 0.6 is 15.9 Å². The minimum absolute atomic E-state index is 0.475. The molecule has 1 nitrogen and oxygen atoms in total. The third-order valence-corrected chi connectivity index (χ3v) is 4.73. The molecule has 82 valence electrons. The number of hydrogen-bond donors (Lipinski definition) is 0. The monoisotopic (exact) mass is 268 g/mol. The summed E-state index contributed by atoms with van der Waals surface area (Å²) in [5, 5.41) is 0. The summed E-state index contributed by atoms with van der Waals surface area (Å²) in [6, 6.07) is 6.47. The summed E-state index contributed by atoms with van der Waals surface area (Å²) in [6.07, 6.45) is 0. The van der Waals surface area contributed by atoms with Crippen LogP contribution in [-0.4, -0.2) is 6.61 Å². The zero-order valence-electron chi connectivity index (χ0n) is 9.46. The molecule has 0 spiro atoms. The second-order valence-electron chi connectivity index (χ2n) is 4.27. The summed E-state index contributed by atoms with van der Waals surface area (Å²) in [7, 11) is 0. The standard InChI is InChI=1S/C13H17BrO/c1-4-15-10-5-6-11-8(2)9(3)13(14)12(11)7-10/h5-9,13H,4H2,1-3H3. The van der Waals surface area contributed by atoms with Gasteiger partial charge >= 0.3 is 0 Å². The van der Waals surface area contributed by atoms with E-state index in [1.807, 2.05) is 6.92 Å². The molecule has 1 aliphatic rings. The first-order chi connectivity index (χ1) is 7.15. The highest BCUT2D eigenvalue weighted by Crippen LogP contribution is 2.50. The first kappa shape index (κ1) is 11.0. The minimum Gasteiger partial charge on any atom is -0.494 e. The van der Waals surface area contributed by atoms with Crippen LogP contribution in [0.25, 0.3) is 0 Å². The summed E-state index contributed by atoms with van der Waals surface area (Å²) < 4.78 is 5.53. The lowest BCUT2D eigenvalue weighted by molar-refractivity contribution is 0.340. The molecule has 0 radical (unpaired) electrons. The molecule has 3 unspecified atom stereocenters. The fourth-order valence-corrected chi connectivity index (χ4v) is 3.14. The Balaban J connectivity index is 2.38. The maximum Gasteiger partial charge on any atom is 0.119 e. The molecule has 1 aromatic rings. The SMILES string of the molecule is CCOc1ccc2c(c1)C(Br)C(C)C2C. The van der Waals surface area contributed by atoms with Crippen LogP contribution < -0.4 is 4.74 Å². The summed E-state index contributed by atoms with van der Waals surface area (Å²) in [4.78, 5) is 0.475. The summed E-state index contributed by atoms with van der Waals surface area (Å²) in [5.41, 5.74) is 2.87. The van der Waals surface area contributed by atoms with Gasteiger partial charge in [-0.05, 0) is 42.0 Å². The zero-order chi connectivity index (χ0) is 11.0. The average molecular weight is 269 g/mol. The maximum atomic E-state index is 5.53. The lowest BCUT2D eigenvalue weighted by Crippen LogP contribution is -1.99. The van der Waals surface area contributed by atoms with Crippen LogP contribution in [0, 0.1) is 5.92 Å². The predicted octanol–water partition coefficient (Wildman–Crippen LogP) is 4.27. The van der Waals surface area contributed by atoms with Crippen molar-refractivity contribution in [3.63, 3.8) is 0 Å². The van der Waals surface area contributed by atoms with Gasteiger partial charge in [0.1, 0.15) is 5.75 Å². The van der Waals surface area contributed by atoms with Crippen molar-refractivity contribution in [3.8, 4) is 5.75 Å². The Labute approximate surface area is 100.0 Å². The van der Waals surface area contributed by atoms with Gasteiger partial charge in [0.25, 0.3) is 0 Å². The average Bonchev–Trinajstić information content (AvgIpc) is 2.45. The van der Waals surface area contributed by atoms with E-state index in [-0.39, 0.29) is 0 Å². The van der Waals surface area contributed by atoms with Crippen molar-refractivity contribution >= 4 is 15.9 Å². The lowest BCUT2D eigenvalue weighted by atomic mass is 9.97. The minimum atomic E-state index is 0.475. The molecular formula is C13H17BrO. The Morgan fingerprint density at radius 2 is 2.00 bits per heavy atom.